The third-order valence-corrected chi connectivity index (χ3v) is 13.6. The first-order chi connectivity index (χ1) is 36.6. The van der Waals surface area contributed by atoms with Crippen LogP contribution >= 0.6 is 0 Å². The highest BCUT2D eigenvalue weighted by atomic mass is 16.6. The monoisotopic (exact) mass is 1030 g/mol. The molecule has 74 heavy (non-hydrogen) atoms. The first-order valence-electron chi connectivity index (χ1n) is 31.4. The molecule has 0 radical (unpaired) electrons. The lowest BCUT2D eigenvalue weighted by Crippen LogP contribution is -2.28. The number of hydrogen-bond acceptors (Lipinski definition) is 5. The molecule has 1 N–H and O–H groups in total. The molecule has 0 aromatic heterocycles. The zero-order valence-electron chi connectivity index (χ0n) is 48.6. The van der Waals surface area contributed by atoms with Gasteiger partial charge in [0.15, 0.2) is 6.10 Å². The van der Waals surface area contributed by atoms with Gasteiger partial charge >= 0.3 is 11.9 Å². The van der Waals surface area contributed by atoms with Gasteiger partial charge in [0.1, 0.15) is 6.61 Å². The Bertz CT molecular complexity index is 1440. The maximum atomic E-state index is 12.3. The standard InChI is InChI=1S/C69H118O5/c1-3-5-7-9-11-13-15-17-19-21-23-25-27-28-29-30-31-32-33-34-35-36-37-38-39-40-42-43-45-47-49-51-53-55-57-59-61-63-68(71)73-66-67(65-70)74-69(72)64-62-60-58-56-54-52-50-48-46-44-41-26-24-22-20-18-16-14-12-10-8-6-4-2/h6,8,12,14-15,17-18,20-21,23-24,26,44,46,50,52,56,58,67,70H,3-5,7,9-11,13,16,19,22,25,27-43,45,47-49,51,53-55,57,59-66H2,1-2H3/b8-6-,14-12-,17-15-,20-18-,23-21-,26-24-,46-44-,52-50-,58-56-. The molecule has 0 amide bonds. The van der Waals surface area contributed by atoms with Gasteiger partial charge in [0.2, 0.25) is 0 Å². The second-order valence-electron chi connectivity index (χ2n) is 20.8. The summed E-state index contributed by atoms with van der Waals surface area (Å²) in [5, 5.41) is 9.65. The Morgan fingerprint density at radius 2 is 0.595 bits per heavy atom. The van der Waals surface area contributed by atoms with Gasteiger partial charge < -0.3 is 14.6 Å². The van der Waals surface area contributed by atoms with E-state index >= 15 is 0 Å². The molecular weight excluding hydrogens is 909 g/mol. The normalized spacial score (nSPS) is 13.0. The van der Waals surface area contributed by atoms with Crippen molar-refractivity contribution < 1.29 is 24.2 Å². The Balaban J connectivity index is 3.49. The molecule has 424 valence electrons. The van der Waals surface area contributed by atoms with Gasteiger partial charge in [-0.05, 0) is 96.3 Å². The lowest BCUT2D eigenvalue weighted by atomic mass is 10.0. The van der Waals surface area contributed by atoms with Gasteiger partial charge in [-0.1, -0.05) is 297 Å². The van der Waals surface area contributed by atoms with Crippen LogP contribution in [0, 0.1) is 0 Å². The van der Waals surface area contributed by atoms with E-state index in [1.165, 1.54) is 186 Å². The molecule has 1 unspecified atom stereocenters. The van der Waals surface area contributed by atoms with Gasteiger partial charge in [-0.3, -0.25) is 9.59 Å². The van der Waals surface area contributed by atoms with Crippen molar-refractivity contribution in [2.75, 3.05) is 13.2 Å². The highest BCUT2D eigenvalue weighted by Crippen LogP contribution is 2.17. The molecule has 0 aliphatic heterocycles. The van der Waals surface area contributed by atoms with Crippen molar-refractivity contribution in [3.8, 4) is 0 Å². The summed E-state index contributed by atoms with van der Waals surface area (Å²) in [6, 6.07) is 0. The number of aliphatic hydroxyl groups is 1. The van der Waals surface area contributed by atoms with E-state index in [0.717, 1.165) is 77.0 Å². The molecule has 5 nitrogen and oxygen atoms in total. The third-order valence-electron chi connectivity index (χ3n) is 13.6. The minimum Gasteiger partial charge on any atom is -0.462 e. The van der Waals surface area contributed by atoms with E-state index in [4.69, 9.17) is 9.47 Å². The predicted octanol–water partition coefficient (Wildman–Crippen LogP) is 21.6. The SMILES string of the molecule is CC/C=C\C/C=C\C/C=C\C/C=C\C/C=C\C/C=C\C/C=C\CCCC(=O)OC(CO)COC(=O)CCCCCCCCCCCCCCCCCCCCCCCCCCC/C=C\C/C=C\CCCCCCC. The number of carbonyl (C=O) groups excluding carboxylic acids is 2. The van der Waals surface area contributed by atoms with Crippen molar-refractivity contribution >= 4 is 11.9 Å². The Morgan fingerprint density at radius 1 is 0.324 bits per heavy atom. The van der Waals surface area contributed by atoms with Crippen molar-refractivity contribution in [2.45, 2.75) is 302 Å². The number of aliphatic hydroxyl groups excluding tert-OH is 1. The van der Waals surface area contributed by atoms with Gasteiger partial charge in [-0.25, -0.2) is 0 Å². The van der Waals surface area contributed by atoms with Crippen molar-refractivity contribution in [2.24, 2.45) is 0 Å². The summed E-state index contributed by atoms with van der Waals surface area (Å²) in [5.41, 5.74) is 0. The van der Waals surface area contributed by atoms with E-state index in [9.17, 15) is 14.7 Å². The lowest BCUT2D eigenvalue weighted by Gasteiger charge is -2.15. The van der Waals surface area contributed by atoms with E-state index in [1.54, 1.807) is 0 Å². The molecule has 0 fully saturated rings. The number of hydrogen-bond donors (Lipinski definition) is 1. The van der Waals surface area contributed by atoms with Crippen LogP contribution in [0.1, 0.15) is 296 Å². The maximum absolute atomic E-state index is 12.3. The van der Waals surface area contributed by atoms with Crippen LogP contribution < -0.4 is 0 Å². The number of carbonyl (C=O) groups is 2. The Labute approximate surface area is 459 Å². The van der Waals surface area contributed by atoms with Crippen LogP contribution in [-0.2, 0) is 19.1 Å². The molecule has 0 aromatic carbocycles. The number of esters is 2. The molecular formula is C69H118O5. The van der Waals surface area contributed by atoms with Crippen LogP contribution in [0.25, 0.3) is 0 Å². The van der Waals surface area contributed by atoms with Crippen LogP contribution in [0.5, 0.6) is 0 Å². The molecule has 0 spiro atoms. The topological polar surface area (TPSA) is 72.8 Å². The second kappa shape index (κ2) is 63.8. The van der Waals surface area contributed by atoms with Crippen molar-refractivity contribution in [1.29, 1.82) is 0 Å². The minimum atomic E-state index is -0.809. The van der Waals surface area contributed by atoms with E-state index < -0.39 is 6.10 Å². The summed E-state index contributed by atoms with van der Waals surface area (Å²) in [5.74, 6) is -0.656. The minimum absolute atomic E-state index is 0.0925. The molecule has 0 heterocycles. The molecule has 0 bridgehead atoms. The zero-order valence-corrected chi connectivity index (χ0v) is 48.6. The van der Waals surface area contributed by atoms with Gasteiger partial charge in [0, 0.05) is 12.8 Å². The molecule has 0 aliphatic rings. The van der Waals surface area contributed by atoms with Crippen LogP contribution in [0.2, 0.25) is 0 Å². The summed E-state index contributed by atoms with van der Waals surface area (Å²) in [4.78, 5) is 24.5. The lowest BCUT2D eigenvalue weighted by molar-refractivity contribution is -0.161. The van der Waals surface area contributed by atoms with Gasteiger partial charge in [-0.15, -0.1) is 0 Å². The first-order valence-corrected chi connectivity index (χ1v) is 31.4. The van der Waals surface area contributed by atoms with Crippen LogP contribution in [0.15, 0.2) is 109 Å². The molecule has 0 aliphatic carbocycles. The van der Waals surface area contributed by atoms with Gasteiger partial charge in [-0.2, -0.15) is 0 Å². The van der Waals surface area contributed by atoms with E-state index in [1.807, 2.05) is 0 Å². The molecule has 0 aromatic rings. The Hall–Kier alpha value is -3.44. The highest BCUT2D eigenvalue weighted by Gasteiger charge is 2.16. The number of allylic oxidation sites excluding steroid dienone is 18. The average molecular weight is 1030 g/mol. The number of ether oxygens (including phenoxy) is 2. The van der Waals surface area contributed by atoms with E-state index in [2.05, 4.69) is 123 Å². The fourth-order valence-corrected chi connectivity index (χ4v) is 8.87. The molecule has 5 heteroatoms. The van der Waals surface area contributed by atoms with E-state index in [0.29, 0.717) is 12.8 Å². The summed E-state index contributed by atoms with van der Waals surface area (Å²) < 4.78 is 10.7. The Morgan fingerprint density at radius 3 is 0.919 bits per heavy atom. The maximum Gasteiger partial charge on any atom is 0.306 e. The van der Waals surface area contributed by atoms with Crippen LogP contribution in [0.4, 0.5) is 0 Å². The first kappa shape index (κ1) is 70.6. The van der Waals surface area contributed by atoms with Crippen LogP contribution in [0.3, 0.4) is 0 Å². The van der Waals surface area contributed by atoms with Crippen molar-refractivity contribution in [1.82, 2.24) is 0 Å². The molecule has 0 saturated heterocycles. The fraction of sp³-hybridized carbons (Fsp3) is 0.710. The summed E-state index contributed by atoms with van der Waals surface area (Å²) >= 11 is 0. The summed E-state index contributed by atoms with van der Waals surface area (Å²) in [7, 11) is 0. The second-order valence-corrected chi connectivity index (χ2v) is 20.8. The smallest absolute Gasteiger partial charge is 0.306 e. The number of rotatable bonds is 57. The van der Waals surface area contributed by atoms with Gasteiger partial charge in [0.25, 0.3) is 0 Å². The zero-order chi connectivity index (χ0) is 53.4. The third kappa shape index (κ3) is 61.1. The largest absolute Gasteiger partial charge is 0.462 e. The highest BCUT2D eigenvalue weighted by molar-refractivity contribution is 5.70. The molecule has 1 atom stereocenters. The summed E-state index contributed by atoms with van der Waals surface area (Å²) in [6.45, 7) is 3.99. The fourth-order valence-electron chi connectivity index (χ4n) is 8.87. The predicted molar refractivity (Wildman–Crippen MR) is 325 cm³/mol. The van der Waals surface area contributed by atoms with Crippen LogP contribution in [-0.4, -0.2) is 36.4 Å². The van der Waals surface area contributed by atoms with Crippen molar-refractivity contribution in [3.05, 3.63) is 109 Å². The molecule has 0 rings (SSSR count). The molecule has 0 saturated carbocycles. The van der Waals surface area contributed by atoms with E-state index in [-0.39, 0.29) is 31.6 Å². The summed E-state index contributed by atoms with van der Waals surface area (Å²) in [6.07, 6.45) is 92.5. The Kier molecular flexibility index (Phi) is 60.9. The average Bonchev–Trinajstić information content (AvgIpc) is 3.40. The van der Waals surface area contributed by atoms with Crippen molar-refractivity contribution in [3.63, 3.8) is 0 Å². The van der Waals surface area contributed by atoms with Gasteiger partial charge in [0.05, 0.1) is 6.61 Å². The number of unbranched alkanes of at least 4 members (excludes halogenated alkanes) is 31. The quantitative estimate of drug-likeness (QED) is 0.0373.